The lowest BCUT2D eigenvalue weighted by atomic mass is 10.1. The molecule has 162 valence electrons. The summed E-state index contributed by atoms with van der Waals surface area (Å²) in [6, 6.07) is 10.1. The molecular formula is C22H24N4O5. The van der Waals surface area contributed by atoms with Crippen LogP contribution >= 0.6 is 0 Å². The van der Waals surface area contributed by atoms with E-state index in [0.29, 0.717) is 35.0 Å². The van der Waals surface area contributed by atoms with Crippen LogP contribution < -0.4 is 14.8 Å². The highest BCUT2D eigenvalue weighted by Gasteiger charge is 2.21. The van der Waals surface area contributed by atoms with Crippen molar-refractivity contribution in [3.63, 3.8) is 0 Å². The molecular weight excluding hydrogens is 400 g/mol. The van der Waals surface area contributed by atoms with Crippen molar-refractivity contribution in [2.24, 2.45) is 0 Å². The van der Waals surface area contributed by atoms with Crippen molar-refractivity contribution in [3.05, 3.63) is 74.6 Å². The topological polar surface area (TPSA) is 109 Å². The van der Waals surface area contributed by atoms with Gasteiger partial charge in [0.15, 0.2) is 11.5 Å². The number of methoxy groups -OCH3 is 2. The Balaban J connectivity index is 1.86. The minimum absolute atomic E-state index is 0.0924. The summed E-state index contributed by atoms with van der Waals surface area (Å²) in [5.74, 6) is 0.842. The number of carbonyl (C=O) groups is 1. The summed E-state index contributed by atoms with van der Waals surface area (Å²) in [6.45, 7) is 5.69. The molecule has 0 aliphatic carbocycles. The highest BCUT2D eigenvalue weighted by molar-refractivity contribution is 6.06. The number of amides is 1. The molecule has 3 rings (SSSR count). The quantitative estimate of drug-likeness (QED) is 0.453. The number of benzene rings is 2. The Morgan fingerprint density at radius 1 is 1.13 bits per heavy atom. The van der Waals surface area contributed by atoms with E-state index >= 15 is 0 Å². The maximum absolute atomic E-state index is 12.8. The molecule has 0 bridgehead atoms. The molecule has 2 aromatic carbocycles. The van der Waals surface area contributed by atoms with Crippen LogP contribution in [0.25, 0.3) is 0 Å². The number of nitrogens with zero attached hydrogens (tertiary/aromatic N) is 3. The third-order valence-corrected chi connectivity index (χ3v) is 5.15. The Morgan fingerprint density at radius 3 is 2.48 bits per heavy atom. The lowest BCUT2D eigenvalue weighted by Gasteiger charge is -2.11. The van der Waals surface area contributed by atoms with Crippen LogP contribution in [-0.4, -0.2) is 34.8 Å². The van der Waals surface area contributed by atoms with Crippen LogP contribution in [0.5, 0.6) is 11.5 Å². The van der Waals surface area contributed by atoms with Crippen LogP contribution in [-0.2, 0) is 6.54 Å². The van der Waals surface area contributed by atoms with Gasteiger partial charge in [0.2, 0.25) is 0 Å². The van der Waals surface area contributed by atoms with Crippen molar-refractivity contribution in [3.8, 4) is 11.5 Å². The molecule has 1 amide bonds. The molecule has 1 N–H and O–H groups in total. The van der Waals surface area contributed by atoms with Gasteiger partial charge >= 0.3 is 0 Å². The number of rotatable bonds is 7. The Morgan fingerprint density at radius 2 is 1.84 bits per heavy atom. The SMILES string of the molecule is COc1ccc(Cn2nc(C)c(NC(=O)c3cccc([N+](=O)[O-])c3C)c2C)cc1OC. The first-order valence-corrected chi connectivity index (χ1v) is 9.57. The van der Waals surface area contributed by atoms with Crippen molar-refractivity contribution >= 4 is 17.3 Å². The van der Waals surface area contributed by atoms with Gasteiger partial charge in [-0.25, -0.2) is 0 Å². The van der Waals surface area contributed by atoms with E-state index < -0.39 is 10.8 Å². The standard InChI is InChI=1S/C22H24N4O5/c1-13-17(7-6-8-18(13)26(28)29)22(27)23-21-14(2)24-25(15(21)3)12-16-9-10-19(30-4)20(11-16)31-5/h6-11H,12H2,1-5H3,(H,23,27). The number of carbonyl (C=O) groups excluding carboxylic acids is 1. The molecule has 9 nitrogen and oxygen atoms in total. The van der Waals surface area contributed by atoms with Gasteiger partial charge in [0.05, 0.1) is 42.8 Å². The van der Waals surface area contributed by atoms with Gasteiger partial charge in [0, 0.05) is 17.2 Å². The van der Waals surface area contributed by atoms with Gasteiger partial charge in [-0.3, -0.25) is 19.6 Å². The van der Waals surface area contributed by atoms with Crippen LogP contribution in [0, 0.1) is 30.9 Å². The minimum Gasteiger partial charge on any atom is -0.493 e. The number of nitrogens with one attached hydrogen (secondary N) is 1. The largest absolute Gasteiger partial charge is 0.493 e. The molecule has 0 saturated carbocycles. The molecule has 0 unspecified atom stereocenters. The highest BCUT2D eigenvalue weighted by atomic mass is 16.6. The molecule has 0 saturated heterocycles. The third kappa shape index (κ3) is 4.35. The number of nitro groups is 1. The fourth-order valence-corrected chi connectivity index (χ4v) is 3.43. The molecule has 9 heteroatoms. The van der Waals surface area contributed by atoms with Crippen LogP contribution in [0.1, 0.15) is 32.9 Å². The predicted octanol–water partition coefficient (Wildman–Crippen LogP) is 4.03. The van der Waals surface area contributed by atoms with E-state index in [1.807, 2.05) is 25.1 Å². The summed E-state index contributed by atoms with van der Waals surface area (Å²) < 4.78 is 12.4. The lowest BCUT2D eigenvalue weighted by Crippen LogP contribution is -2.15. The van der Waals surface area contributed by atoms with E-state index in [9.17, 15) is 14.9 Å². The number of anilines is 1. The normalized spacial score (nSPS) is 10.6. The summed E-state index contributed by atoms with van der Waals surface area (Å²) in [6.07, 6.45) is 0. The van der Waals surface area contributed by atoms with Gasteiger partial charge in [-0.2, -0.15) is 5.10 Å². The number of ether oxygens (including phenoxy) is 2. The monoisotopic (exact) mass is 424 g/mol. The molecule has 31 heavy (non-hydrogen) atoms. The fraction of sp³-hybridized carbons (Fsp3) is 0.273. The van der Waals surface area contributed by atoms with Gasteiger partial charge < -0.3 is 14.8 Å². The van der Waals surface area contributed by atoms with E-state index in [0.717, 1.165) is 11.3 Å². The minimum atomic E-state index is -0.496. The number of hydrogen-bond donors (Lipinski definition) is 1. The van der Waals surface area contributed by atoms with Crippen molar-refractivity contribution in [2.75, 3.05) is 19.5 Å². The Bertz CT molecular complexity index is 1150. The van der Waals surface area contributed by atoms with Gasteiger partial charge in [0.1, 0.15) is 0 Å². The van der Waals surface area contributed by atoms with E-state index in [-0.39, 0.29) is 11.3 Å². The zero-order valence-electron chi connectivity index (χ0n) is 18.1. The lowest BCUT2D eigenvalue weighted by molar-refractivity contribution is -0.385. The fourth-order valence-electron chi connectivity index (χ4n) is 3.43. The first-order valence-electron chi connectivity index (χ1n) is 9.57. The Labute approximate surface area is 179 Å². The Kier molecular flexibility index (Phi) is 6.24. The second kappa shape index (κ2) is 8.86. The zero-order valence-corrected chi connectivity index (χ0v) is 18.1. The average molecular weight is 424 g/mol. The molecule has 3 aromatic rings. The number of hydrogen-bond acceptors (Lipinski definition) is 6. The number of aryl methyl sites for hydroxylation is 1. The van der Waals surface area contributed by atoms with E-state index in [1.165, 1.54) is 12.1 Å². The van der Waals surface area contributed by atoms with Crippen LogP contribution in [0.3, 0.4) is 0 Å². The summed E-state index contributed by atoms with van der Waals surface area (Å²) in [4.78, 5) is 23.5. The van der Waals surface area contributed by atoms with Gasteiger partial charge in [-0.05, 0) is 44.5 Å². The van der Waals surface area contributed by atoms with Crippen LogP contribution in [0.15, 0.2) is 36.4 Å². The highest BCUT2D eigenvalue weighted by Crippen LogP contribution is 2.29. The molecule has 0 radical (unpaired) electrons. The molecule has 0 aliphatic rings. The summed E-state index contributed by atoms with van der Waals surface area (Å²) in [7, 11) is 3.16. The smallest absolute Gasteiger partial charge is 0.273 e. The van der Waals surface area contributed by atoms with Gasteiger partial charge in [0.25, 0.3) is 11.6 Å². The van der Waals surface area contributed by atoms with E-state index in [4.69, 9.17) is 9.47 Å². The molecule has 0 spiro atoms. The Hall–Kier alpha value is -3.88. The van der Waals surface area contributed by atoms with Gasteiger partial charge in [-0.1, -0.05) is 12.1 Å². The van der Waals surface area contributed by atoms with Gasteiger partial charge in [-0.15, -0.1) is 0 Å². The van der Waals surface area contributed by atoms with E-state index in [2.05, 4.69) is 10.4 Å². The van der Waals surface area contributed by atoms with Crippen molar-refractivity contribution < 1.29 is 19.2 Å². The average Bonchev–Trinajstić information content (AvgIpc) is 3.00. The molecule has 0 atom stereocenters. The summed E-state index contributed by atoms with van der Waals surface area (Å²) in [5, 5.41) is 18.6. The van der Waals surface area contributed by atoms with E-state index in [1.54, 1.807) is 38.8 Å². The second-order valence-electron chi connectivity index (χ2n) is 7.05. The summed E-state index contributed by atoms with van der Waals surface area (Å²) in [5.41, 5.74) is 3.43. The molecule has 0 aliphatic heterocycles. The van der Waals surface area contributed by atoms with Crippen molar-refractivity contribution in [1.82, 2.24) is 9.78 Å². The van der Waals surface area contributed by atoms with Crippen LogP contribution in [0.4, 0.5) is 11.4 Å². The third-order valence-electron chi connectivity index (χ3n) is 5.15. The first kappa shape index (κ1) is 21.8. The molecule has 1 aromatic heterocycles. The van der Waals surface area contributed by atoms with Crippen molar-refractivity contribution in [2.45, 2.75) is 27.3 Å². The second-order valence-corrected chi connectivity index (χ2v) is 7.05. The van der Waals surface area contributed by atoms with Crippen molar-refractivity contribution in [1.29, 1.82) is 0 Å². The van der Waals surface area contributed by atoms with Crippen LogP contribution in [0.2, 0.25) is 0 Å². The molecule has 0 fully saturated rings. The zero-order chi connectivity index (χ0) is 22.7. The predicted molar refractivity (Wildman–Crippen MR) is 116 cm³/mol. The first-order chi connectivity index (χ1) is 14.8. The summed E-state index contributed by atoms with van der Waals surface area (Å²) >= 11 is 0. The maximum Gasteiger partial charge on any atom is 0.273 e. The number of aromatic nitrogens is 2. The molecule has 1 heterocycles. The number of nitro benzene ring substituents is 1. The maximum atomic E-state index is 12.8.